The summed E-state index contributed by atoms with van der Waals surface area (Å²) in [6.45, 7) is 6.88. The molecule has 0 bridgehead atoms. The van der Waals surface area contributed by atoms with Gasteiger partial charge in [-0.15, -0.1) is 0 Å². The molecule has 4 heteroatoms. The van der Waals surface area contributed by atoms with E-state index < -0.39 is 0 Å². The van der Waals surface area contributed by atoms with E-state index in [2.05, 4.69) is 13.8 Å². The summed E-state index contributed by atoms with van der Waals surface area (Å²) in [5.74, 6) is -0.285. The molecule has 4 nitrogen and oxygen atoms in total. The second-order valence-corrected chi connectivity index (χ2v) is 9.11. The highest BCUT2D eigenvalue weighted by atomic mass is 16.5. The van der Waals surface area contributed by atoms with Gasteiger partial charge in [0.05, 0.1) is 12.7 Å². The van der Waals surface area contributed by atoms with Crippen LogP contribution in [0.15, 0.2) is 0 Å². The summed E-state index contributed by atoms with van der Waals surface area (Å²) >= 11 is 0. The fourth-order valence-corrected chi connectivity index (χ4v) is 3.75. The number of esters is 2. The standard InChI is InChI=1S/C27H52O4/c1-4-6-8-9-10-11-12-13-14-15-16-17-20-24-30-26(28)22-18-19-23-27(29)31-25(3)21-7-5-2/h25H,4-24H2,1-3H3. The fourth-order valence-electron chi connectivity index (χ4n) is 3.75. The first kappa shape index (κ1) is 29.9. The first-order chi connectivity index (χ1) is 15.1. The number of hydrogen-bond acceptors (Lipinski definition) is 4. The third kappa shape index (κ3) is 23.4. The number of ether oxygens (including phenoxy) is 2. The Labute approximate surface area is 193 Å². The van der Waals surface area contributed by atoms with Crippen LogP contribution in [-0.4, -0.2) is 24.6 Å². The minimum Gasteiger partial charge on any atom is -0.466 e. The van der Waals surface area contributed by atoms with Gasteiger partial charge in [0.2, 0.25) is 0 Å². The van der Waals surface area contributed by atoms with Gasteiger partial charge in [-0.05, 0) is 32.6 Å². The van der Waals surface area contributed by atoms with Gasteiger partial charge in [0, 0.05) is 12.8 Å². The van der Waals surface area contributed by atoms with Crippen LogP contribution in [0.2, 0.25) is 0 Å². The molecule has 0 aromatic rings. The Morgan fingerprint density at radius 2 is 1.03 bits per heavy atom. The Balaban J connectivity index is 3.32. The predicted molar refractivity (Wildman–Crippen MR) is 130 cm³/mol. The van der Waals surface area contributed by atoms with Gasteiger partial charge in [-0.2, -0.15) is 0 Å². The Hall–Kier alpha value is -1.06. The van der Waals surface area contributed by atoms with E-state index in [0.717, 1.165) is 32.1 Å². The van der Waals surface area contributed by atoms with Crippen LogP contribution >= 0.6 is 0 Å². The molecule has 0 saturated carbocycles. The van der Waals surface area contributed by atoms with Crippen molar-refractivity contribution in [1.82, 2.24) is 0 Å². The SMILES string of the molecule is CCCCCCCCCCCCCCCOC(=O)CCCCC(=O)OC(C)CCCC. The van der Waals surface area contributed by atoms with Gasteiger partial charge < -0.3 is 9.47 Å². The van der Waals surface area contributed by atoms with Crippen LogP contribution in [0.3, 0.4) is 0 Å². The molecular weight excluding hydrogens is 388 g/mol. The maximum Gasteiger partial charge on any atom is 0.306 e. The lowest BCUT2D eigenvalue weighted by Crippen LogP contribution is -2.14. The highest BCUT2D eigenvalue weighted by Crippen LogP contribution is 2.13. The number of carbonyl (C=O) groups excluding carboxylic acids is 2. The Bertz CT molecular complexity index is 408. The zero-order valence-electron chi connectivity index (χ0n) is 21.1. The smallest absolute Gasteiger partial charge is 0.306 e. The van der Waals surface area contributed by atoms with E-state index in [9.17, 15) is 9.59 Å². The van der Waals surface area contributed by atoms with E-state index >= 15 is 0 Å². The Morgan fingerprint density at radius 1 is 0.581 bits per heavy atom. The predicted octanol–water partition coefficient (Wildman–Crippen LogP) is 8.30. The van der Waals surface area contributed by atoms with Gasteiger partial charge in [0.25, 0.3) is 0 Å². The molecular formula is C27H52O4. The van der Waals surface area contributed by atoms with Crippen molar-refractivity contribution in [3.8, 4) is 0 Å². The van der Waals surface area contributed by atoms with E-state index in [4.69, 9.17) is 9.47 Å². The summed E-state index contributed by atoms with van der Waals surface area (Å²) in [5, 5.41) is 0. The molecule has 0 aliphatic heterocycles. The molecule has 1 unspecified atom stereocenters. The van der Waals surface area contributed by atoms with Crippen LogP contribution < -0.4 is 0 Å². The molecule has 184 valence electrons. The zero-order chi connectivity index (χ0) is 23.0. The van der Waals surface area contributed by atoms with Crippen molar-refractivity contribution in [2.24, 2.45) is 0 Å². The number of unbranched alkanes of at least 4 members (excludes halogenated alkanes) is 14. The molecule has 0 heterocycles. The van der Waals surface area contributed by atoms with Gasteiger partial charge in [-0.3, -0.25) is 9.59 Å². The average Bonchev–Trinajstić information content (AvgIpc) is 2.75. The van der Waals surface area contributed by atoms with Gasteiger partial charge in [0.1, 0.15) is 0 Å². The van der Waals surface area contributed by atoms with E-state index in [0.29, 0.717) is 32.3 Å². The van der Waals surface area contributed by atoms with Crippen LogP contribution in [-0.2, 0) is 19.1 Å². The van der Waals surface area contributed by atoms with Crippen molar-refractivity contribution < 1.29 is 19.1 Å². The summed E-state index contributed by atoms with van der Waals surface area (Å²) in [5.41, 5.74) is 0. The summed E-state index contributed by atoms with van der Waals surface area (Å²) in [7, 11) is 0. The molecule has 0 aromatic heterocycles. The number of carbonyl (C=O) groups is 2. The first-order valence-electron chi connectivity index (χ1n) is 13.4. The first-order valence-corrected chi connectivity index (χ1v) is 13.4. The molecule has 0 aromatic carbocycles. The molecule has 0 amide bonds. The van der Waals surface area contributed by atoms with Crippen molar-refractivity contribution in [3.05, 3.63) is 0 Å². The fraction of sp³-hybridized carbons (Fsp3) is 0.926. The largest absolute Gasteiger partial charge is 0.466 e. The monoisotopic (exact) mass is 440 g/mol. The van der Waals surface area contributed by atoms with E-state index in [1.54, 1.807) is 0 Å². The third-order valence-electron chi connectivity index (χ3n) is 5.82. The van der Waals surface area contributed by atoms with Gasteiger partial charge in [0.15, 0.2) is 0 Å². The molecule has 0 rings (SSSR count). The van der Waals surface area contributed by atoms with Crippen molar-refractivity contribution in [2.75, 3.05) is 6.61 Å². The Kier molecular flexibility index (Phi) is 22.8. The van der Waals surface area contributed by atoms with Crippen molar-refractivity contribution in [2.45, 2.75) is 155 Å². The van der Waals surface area contributed by atoms with Crippen LogP contribution in [0.25, 0.3) is 0 Å². The lowest BCUT2D eigenvalue weighted by molar-refractivity contribution is -0.149. The molecule has 0 fully saturated rings. The second kappa shape index (κ2) is 23.6. The van der Waals surface area contributed by atoms with Gasteiger partial charge in [-0.1, -0.05) is 104 Å². The molecule has 0 saturated heterocycles. The van der Waals surface area contributed by atoms with Gasteiger partial charge in [-0.25, -0.2) is 0 Å². The summed E-state index contributed by atoms with van der Waals surface area (Å²) in [6, 6.07) is 0. The summed E-state index contributed by atoms with van der Waals surface area (Å²) in [4.78, 5) is 23.5. The summed E-state index contributed by atoms with van der Waals surface area (Å²) in [6.07, 6.45) is 22.4. The molecule has 0 N–H and O–H groups in total. The summed E-state index contributed by atoms with van der Waals surface area (Å²) < 4.78 is 10.7. The van der Waals surface area contributed by atoms with Crippen molar-refractivity contribution in [3.63, 3.8) is 0 Å². The van der Waals surface area contributed by atoms with Crippen LogP contribution in [0, 0.1) is 0 Å². The molecule has 31 heavy (non-hydrogen) atoms. The molecule has 0 aliphatic carbocycles. The van der Waals surface area contributed by atoms with Crippen molar-refractivity contribution in [1.29, 1.82) is 0 Å². The average molecular weight is 441 g/mol. The van der Waals surface area contributed by atoms with Gasteiger partial charge >= 0.3 is 11.9 Å². The normalized spacial score (nSPS) is 12.0. The lowest BCUT2D eigenvalue weighted by Gasteiger charge is -2.12. The maximum absolute atomic E-state index is 11.8. The highest BCUT2D eigenvalue weighted by Gasteiger charge is 2.10. The highest BCUT2D eigenvalue weighted by molar-refractivity contribution is 5.70. The lowest BCUT2D eigenvalue weighted by atomic mass is 10.0. The topological polar surface area (TPSA) is 52.6 Å². The third-order valence-corrected chi connectivity index (χ3v) is 5.82. The van der Waals surface area contributed by atoms with Crippen molar-refractivity contribution >= 4 is 11.9 Å². The minimum absolute atomic E-state index is 0.00210. The van der Waals surface area contributed by atoms with Crippen LogP contribution in [0.5, 0.6) is 0 Å². The van der Waals surface area contributed by atoms with E-state index in [-0.39, 0.29) is 18.0 Å². The van der Waals surface area contributed by atoms with Crippen LogP contribution in [0.4, 0.5) is 0 Å². The maximum atomic E-state index is 11.8. The van der Waals surface area contributed by atoms with E-state index in [1.807, 2.05) is 6.92 Å². The molecule has 1 atom stereocenters. The van der Waals surface area contributed by atoms with E-state index in [1.165, 1.54) is 70.6 Å². The minimum atomic E-state index is -0.149. The number of hydrogen-bond donors (Lipinski definition) is 0. The molecule has 0 radical (unpaired) electrons. The molecule has 0 aliphatic rings. The number of rotatable bonds is 23. The quantitative estimate of drug-likeness (QED) is 0.118. The Morgan fingerprint density at radius 3 is 1.55 bits per heavy atom. The second-order valence-electron chi connectivity index (χ2n) is 9.11. The molecule has 0 spiro atoms. The zero-order valence-corrected chi connectivity index (χ0v) is 21.1. The van der Waals surface area contributed by atoms with Crippen LogP contribution in [0.1, 0.15) is 149 Å².